The van der Waals surface area contributed by atoms with E-state index in [4.69, 9.17) is 10.5 Å². The number of ether oxygens (including phenoxy) is 1. The van der Waals surface area contributed by atoms with Gasteiger partial charge in [-0.3, -0.25) is 4.90 Å². The molecule has 1 atom stereocenters. The Morgan fingerprint density at radius 3 is 2.55 bits per heavy atom. The van der Waals surface area contributed by atoms with Crippen LogP contribution in [-0.2, 0) is 4.74 Å². The Morgan fingerprint density at radius 1 is 1.20 bits per heavy atom. The summed E-state index contributed by atoms with van der Waals surface area (Å²) in [5.74, 6) is 0. The zero-order valence-electron chi connectivity index (χ0n) is 13.4. The molecule has 0 amide bonds. The zero-order chi connectivity index (χ0) is 14.4. The molecule has 0 aromatic heterocycles. The molecule has 0 bridgehead atoms. The number of nitrogens with two attached hydrogens (primary N) is 1. The van der Waals surface area contributed by atoms with Crippen LogP contribution in [0.15, 0.2) is 0 Å². The maximum atomic E-state index is 6.21. The van der Waals surface area contributed by atoms with Gasteiger partial charge in [0, 0.05) is 25.2 Å². The Balaban J connectivity index is 1.93. The van der Waals surface area contributed by atoms with Crippen molar-refractivity contribution in [2.45, 2.75) is 57.6 Å². The fraction of sp³-hybridized carbons (Fsp3) is 1.00. The Hall–Kier alpha value is -0.160. The van der Waals surface area contributed by atoms with Crippen LogP contribution in [0.3, 0.4) is 0 Å². The van der Waals surface area contributed by atoms with Gasteiger partial charge in [-0.1, -0.05) is 6.92 Å². The summed E-state index contributed by atoms with van der Waals surface area (Å²) >= 11 is 0. The predicted octanol–water partition coefficient (Wildman–Crippen LogP) is 1.69. The van der Waals surface area contributed by atoms with Gasteiger partial charge in [-0.2, -0.15) is 0 Å². The molecule has 2 aliphatic heterocycles. The van der Waals surface area contributed by atoms with Gasteiger partial charge in [0.1, 0.15) is 0 Å². The third-order valence-electron chi connectivity index (χ3n) is 5.16. The van der Waals surface area contributed by atoms with Crippen molar-refractivity contribution in [3.8, 4) is 0 Å². The smallest absolute Gasteiger partial charge is 0.0702 e. The van der Waals surface area contributed by atoms with E-state index in [-0.39, 0.29) is 5.54 Å². The first-order valence-electron chi connectivity index (χ1n) is 8.53. The van der Waals surface area contributed by atoms with E-state index in [1.807, 2.05) is 0 Å². The van der Waals surface area contributed by atoms with Crippen LogP contribution in [0.1, 0.15) is 46.0 Å². The summed E-state index contributed by atoms with van der Waals surface area (Å²) in [4.78, 5) is 5.25. The van der Waals surface area contributed by atoms with Crippen molar-refractivity contribution in [2.24, 2.45) is 5.73 Å². The van der Waals surface area contributed by atoms with Crippen LogP contribution in [0.5, 0.6) is 0 Å². The van der Waals surface area contributed by atoms with Gasteiger partial charge in [0.25, 0.3) is 0 Å². The first-order chi connectivity index (χ1) is 9.74. The molecule has 2 saturated heterocycles. The van der Waals surface area contributed by atoms with Crippen LogP contribution in [0.2, 0.25) is 0 Å². The Morgan fingerprint density at radius 2 is 1.95 bits per heavy atom. The second-order valence-corrected chi connectivity index (χ2v) is 6.44. The number of nitrogens with zero attached hydrogens (tertiary/aromatic N) is 2. The van der Waals surface area contributed by atoms with Gasteiger partial charge >= 0.3 is 0 Å². The molecule has 0 saturated carbocycles. The van der Waals surface area contributed by atoms with E-state index in [1.165, 1.54) is 58.3 Å². The lowest BCUT2D eigenvalue weighted by atomic mass is 9.84. The summed E-state index contributed by atoms with van der Waals surface area (Å²) in [5.41, 5.74) is 6.44. The van der Waals surface area contributed by atoms with Crippen molar-refractivity contribution in [3.63, 3.8) is 0 Å². The average Bonchev–Trinajstić information content (AvgIpc) is 2.49. The van der Waals surface area contributed by atoms with Gasteiger partial charge in [0.2, 0.25) is 0 Å². The van der Waals surface area contributed by atoms with Crippen LogP contribution in [0.25, 0.3) is 0 Å². The Kier molecular flexibility index (Phi) is 6.27. The highest BCUT2D eigenvalue weighted by Crippen LogP contribution is 2.31. The van der Waals surface area contributed by atoms with Gasteiger partial charge in [-0.05, 0) is 65.2 Å². The third kappa shape index (κ3) is 3.73. The van der Waals surface area contributed by atoms with Crippen molar-refractivity contribution in [2.75, 3.05) is 45.9 Å². The van der Waals surface area contributed by atoms with E-state index in [1.54, 1.807) is 0 Å². The fourth-order valence-corrected chi connectivity index (χ4v) is 3.90. The predicted molar refractivity (Wildman–Crippen MR) is 84.0 cm³/mol. The van der Waals surface area contributed by atoms with Gasteiger partial charge in [-0.25, -0.2) is 0 Å². The van der Waals surface area contributed by atoms with Crippen molar-refractivity contribution >= 4 is 0 Å². The molecular formula is C16H33N3O. The standard InChI is InChI=1S/C16H33N3O/c1-3-9-18-11-7-16(14-17,8-12-18)19-10-5-6-15(13-19)20-4-2/h15H,3-14,17H2,1-2H3. The molecule has 20 heavy (non-hydrogen) atoms. The van der Waals surface area contributed by atoms with E-state index in [2.05, 4.69) is 23.6 Å². The molecule has 2 heterocycles. The lowest BCUT2D eigenvalue weighted by Crippen LogP contribution is -2.62. The zero-order valence-corrected chi connectivity index (χ0v) is 13.4. The molecule has 2 rings (SSSR count). The summed E-state index contributed by atoms with van der Waals surface area (Å²) in [5, 5.41) is 0. The van der Waals surface area contributed by atoms with Crippen LogP contribution in [0.4, 0.5) is 0 Å². The molecule has 118 valence electrons. The average molecular weight is 283 g/mol. The minimum absolute atomic E-state index is 0.236. The SMILES string of the molecule is CCCN1CCC(CN)(N2CCCC(OCC)C2)CC1. The second-order valence-electron chi connectivity index (χ2n) is 6.44. The number of hydrogen-bond acceptors (Lipinski definition) is 4. The first kappa shape index (κ1) is 16.2. The molecule has 4 heteroatoms. The minimum Gasteiger partial charge on any atom is -0.377 e. The van der Waals surface area contributed by atoms with E-state index in [9.17, 15) is 0 Å². The van der Waals surface area contributed by atoms with Crippen molar-refractivity contribution < 1.29 is 4.74 Å². The van der Waals surface area contributed by atoms with Crippen LogP contribution < -0.4 is 5.73 Å². The summed E-state index contributed by atoms with van der Waals surface area (Å²) in [6, 6.07) is 0. The largest absolute Gasteiger partial charge is 0.377 e. The van der Waals surface area contributed by atoms with Gasteiger partial charge in [0.05, 0.1) is 6.10 Å². The quantitative estimate of drug-likeness (QED) is 0.805. The summed E-state index contributed by atoms with van der Waals surface area (Å²) in [7, 11) is 0. The number of hydrogen-bond donors (Lipinski definition) is 1. The molecule has 4 nitrogen and oxygen atoms in total. The molecule has 0 radical (unpaired) electrons. The molecule has 0 aromatic carbocycles. The normalized spacial score (nSPS) is 28.6. The highest BCUT2D eigenvalue weighted by atomic mass is 16.5. The monoisotopic (exact) mass is 283 g/mol. The lowest BCUT2D eigenvalue weighted by molar-refractivity contribution is -0.0511. The molecule has 0 aromatic rings. The molecule has 2 fully saturated rings. The molecular weight excluding hydrogens is 250 g/mol. The van der Waals surface area contributed by atoms with E-state index in [0.717, 1.165) is 19.7 Å². The van der Waals surface area contributed by atoms with Crippen LogP contribution in [-0.4, -0.2) is 67.3 Å². The number of piperidine rings is 2. The second kappa shape index (κ2) is 7.74. The Labute approximate surface area is 124 Å². The number of likely N-dealkylation sites (tertiary alicyclic amines) is 2. The molecule has 1 unspecified atom stereocenters. The highest BCUT2D eigenvalue weighted by molar-refractivity contribution is 4.98. The minimum atomic E-state index is 0.236. The van der Waals surface area contributed by atoms with E-state index < -0.39 is 0 Å². The van der Waals surface area contributed by atoms with E-state index in [0.29, 0.717) is 6.10 Å². The van der Waals surface area contributed by atoms with Crippen molar-refractivity contribution in [1.29, 1.82) is 0 Å². The molecule has 0 aliphatic carbocycles. The molecule has 0 spiro atoms. The van der Waals surface area contributed by atoms with Crippen LogP contribution in [0, 0.1) is 0 Å². The lowest BCUT2D eigenvalue weighted by Gasteiger charge is -2.51. The summed E-state index contributed by atoms with van der Waals surface area (Å²) in [6.07, 6.45) is 6.60. The Bertz CT molecular complexity index is 275. The topological polar surface area (TPSA) is 41.7 Å². The van der Waals surface area contributed by atoms with Gasteiger partial charge in [-0.15, -0.1) is 0 Å². The van der Waals surface area contributed by atoms with Crippen molar-refractivity contribution in [3.05, 3.63) is 0 Å². The highest BCUT2D eigenvalue weighted by Gasteiger charge is 2.40. The number of rotatable bonds is 6. The molecule has 2 aliphatic rings. The summed E-state index contributed by atoms with van der Waals surface area (Å²) in [6.45, 7) is 11.9. The first-order valence-corrected chi connectivity index (χ1v) is 8.53. The van der Waals surface area contributed by atoms with Gasteiger partial charge < -0.3 is 15.4 Å². The van der Waals surface area contributed by atoms with E-state index >= 15 is 0 Å². The third-order valence-corrected chi connectivity index (χ3v) is 5.16. The fourth-order valence-electron chi connectivity index (χ4n) is 3.90. The summed E-state index contributed by atoms with van der Waals surface area (Å²) < 4.78 is 5.86. The maximum absolute atomic E-state index is 6.21. The van der Waals surface area contributed by atoms with Gasteiger partial charge in [0.15, 0.2) is 0 Å². The maximum Gasteiger partial charge on any atom is 0.0702 e. The van der Waals surface area contributed by atoms with Crippen LogP contribution >= 0.6 is 0 Å². The van der Waals surface area contributed by atoms with Crippen molar-refractivity contribution in [1.82, 2.24) is 9.80 Å². The molecule has 2 N–H and O–H groups in total.